The molecule has 0 spiro atoms. The molecule has 0 bridgehead atoms. The number of amides is 1. The summed E-state index contributed by atoms with van der Waals surface area (Å²) in [6.45, 7) is 6.86. The Labute approximate surface area is 123 Å². The van der Waals surface area contributed by atoms with Gasteiger partial charge in [-0.25, -0.2) is 0 Å². The lowest BCUT2D eigenvalue weighted by molar-refractivity contribution is -0.131. The van der Waals surface area contributed by atoms with Gasteiger partial charge in [-0.1, -0.05) is 19.8 Å². The first kappa shape index (κ1) is 14.4. The molecule has 3 aliphatic rings. The Balaban J connectivity index is 1.46. The van der Waals surface area contributed by atoms with E-state index in [0.29, 0.717) is 17.9 Å². The molecule has 1 aliphatic carbocycles. The number of likely N-dealkylation sites (tertiary alicyclic amines) is 2. The monoisotopic (exact) mass is 278 g/mol. The summed E-state index contributed by atoms with van der Waals surface area (Å²) in [5.41, 5.74) is 0. The molecule has 3 nitrogen and oxygen atoms in total. The van der Waals surface area contributed by atoms with E-state index in [9.17, 15) is 4.79 Å². The lowest BCUT2D eigenvalue weighted by atomic mass is 9.80. The van der Waals surface area contributed by atoms with Crippen molar-refractivity contribution in [3.63, 3.8) is 0 Å². The maximum absolute atomic E-state index is 12.5. The highest BCUT2D eigenvalue weighted by Crippen LogP contribution is 2.31. The summed E-state index contributed by atoms with van der Waals surface area (Å²) in [6.07, 6.45) is 9.97. The van der Waals surface area contributed by atoms with Crippen molar-refractivity contribution < 1.29 is 4.79 Å². The van der Waals surface area contributed by atoms with Gasteiger partial charge in [0, 0.05) is 25.6 Å². The van der Waals surface area contributed by atoms with Crippen molar-refractivity contribution in [2.24, 2.45) is 11.8 Å². The van der Waals surface area contributed by atoms with Crippen LogP contribution in [0.15, 0.2) is 0 Å². The molecule has 0 aromatic carbocycles. The molecular weight excluding hydrogens is 248 g/mol. The third-order valence-corrected chi connectivity index (χ3v) is 5.68. The Kier molecular flexibility index (Phi) is 4.65. The van der Waals surface area contributed by atoms with Gasteiger partial charge in [0.25, 0.3) is 0 Å². The molecule has 0 N–H and O–H groups in total. The Hall–Kier alpha value is -0.570. The van der Waals surface area contributed by atoms with E-state index >= 15 is 0 Å². The predicted octanol–water partition coefficient (Wildman–Crippen LogP) is 2.90. The summed E-state index contributed by atoms with van der Waals surface area (Å²) < 4.78 is 0. The normalized spacial score (nSPS) is 35.6. The summed E-state index contributed by atoms with van der Waals surface area (Å²) >= 11 is 0. The second kappa shape index (κ2) is 6.46. The minimum atomic E-state index is 0.436. The Morgan fingerprint density at radius 2 is 1.85 bits per heavy atom. The van der Waals surface area contributed by atoms with Crippen molar-refractivity contribution in [3.05, 3.63) is 0 Å². The van der Waals surface area contributed by atoms with E-state index in [4.69, 9.17) is 0 Å². The Morgan fingerprint density at radius 3 is 2.60 bits per heavy atom. The van der Waals surface area contributed by atoms with E-state index in [1.54, 1.807) is 0 Å². The zero-order chi connectivity index (χ0) is 13.9. The molecule has 3 atom stereocenters. The summed E-state index contributed by atoms with van der Waals surface area (Å²) in [5, 5.41) is 0. The molecular formula is C17H30N2O. The first-order chi connectivity index (χ1) is 9.72. The number of carbonyl (C=O) groups excluding carboxylic acids is 1. The van der Waals surface area contributed by atoms with Gasteiger partial charge in [0.15, 0.2) is 0 Å². The molecule has 2 saturated heterocycles. The van der Waals surface area contributed by atoms with E-state index in [2.05, 4.69) is 16.7 Å². The fraction of sp³-hybridized carbons (Fsp3) is 0.941. The second-order valence-electron chi connectivity index (χ2n) is 7.37. The zero-order valence-electron chi connectivity index (χ0n) is 13.0. The van der Waals surface area contributed by atoms with Gasteiger partial charge in [0.2, 0.25) is 5.91 Å². The minimum absolute atomic E-state index is 0.436. The van der Waals surface area contributed by atoms with Crippen LogP contribution in [0.2, 0.25) is 0 Å². The van der Waals surface area contributed by atoms with Gasteiger partial charge in [0.05, 0.1) is 0 Å². The van der Waals surface area contributed by atoms with Gasteiger partial charge in [-0.15, -0.1) is 0 Å². The fourth-order valence-electron chi connectivity index (χ4n) is 4.49. The lowest BCUT2D eigenvalue weighted by Gasteiger charge is -2.28. The van der Waals surface area contributed by atoms with Crippen LogP contribution in [0.4, 0.5) is 0 Å². The van der Waals surface area contributed by atoms with Gasteiger partial charge >= 0.3 is 0 Å². The van der Waals surface area contributed by atoms with E-state index < -0.39 is 0 Å². The van der Waals surface area contributed by atoms with E-state index in [-0.39, 0.29) is 0 Å². The topological polar surface area (TPSA) is 23.6 Å². The van der Waals surface area contributed by atoms with Crippen molar-refractivity contribution in [2.45, 2.75) is 64.3 Å². The van der Waals surface area contributed by atoms with Crippen LogP contribution < -0.4 is 0 Å². The van der Waals surface area contributed by atoms with E-state index in [0.717, 1.165) is 25.4 Å². The second-order valence-corrected chi connectivity index (χ2v) is 7.37. The minimum Gasteiger partial charge on any atom is -0.341 e. The number of hydrogen-bond acceptors (Lipinski definition) is 2. The van der Waals surface area contributed by atoms with Crippen molar-refractivity contribution in [2.75, 3.05) is 26.2 Å². The average Bonchev–Trinajstić information content (AvgIpc) is 3.10. The van der Waals surface area contributed by atoms with Gasteiger partial charge in [0.1, 0.15) is 0 Å². The number of nitrogens with zero attached hydrogens (tertiary/aromatic N) is 2. The molecule has 2 heterocycles. The van der Waals surface area contributed by atoms with Crippen molar-refractivity contribution in [1.82, 2.24) is 9.80 Å². The number of carbonyl (C=O) groups is 1. The molecule has 114 valence electrons. The molecule has 2 aliphatic heterocycles. The third kappa shape index (κ3) is 3.36. The first-order valence-electron chi connectivity index (χ1n) is 8.74. The quantitative estimate of drug-likeness (QED) is 0.792. The molecule has 20 heavy (non-hydrogen) atoms. The molecule has 0 radical (unpaired) electrons. The first-order valence-corrected chi connectivity index (χ1v) is 8.74. The van der Waals surface area contributed by atoms with E-state index in [1.807, 2.05) is 0 Å². The zero-order valence-corrected chi connectivity index (χ0v) is 13.0. The van der Waals surface area contributed by atoms with Crippen LogP contribution in [0.5, 0.6) is 0 Å². The molecule has 3 rings (SSSR count). The summed E-state index contributed by atoms with van der Waals surface area (Å²) in [7, 11) is 0. The van der Waals surface area contributed by atoms with Gasteiger partial charge < -0.3 is 4.90 Å². The molecule has 1 saturated carbocycles. The molecule has 0 aromatic heterocycles. The average molecular weight is 278 g/mol. The maximum atomic E-state index is 12.5. The van der Waals surface area contributed by atoms with E-state index in [1.165, 1.54) is 58.0 Å². The van der Waals surface area contributed by atoms with Crippen LogP contribution in [-0.2, 0) is 4.79 Å². The molecule has 0 aromatic rings. The highest BCUT2D eigenvalue weighted by Gasteiger charge is 2.32. The molecule has 3 fully saturated rings. The largest absolute Gasteiger partial charge is 0.341 e. The van der Waals surface area contributed by atoms with Crippen LogP contribution in [-0.4, -0.2) is 47.9 Å². The van der Waals surface area contributed by atoms with Crippen molar-refractivity contribution in [1.29, 1.82) is 0 Å². The number of hydrogen-bond donors (Lipinski definition) is 0. The fourth-order valence-corrected chi connectivity index (χ4v) is 4.49. The van der Waals surface area contributed by atoms with Crippen molar-refractivity contribution in [3.8, 4) is 0 Å². The standard InChI is InChI=1S/C17H30N2O/c1-14-5-4-6-15(11-14)12-17(20)19-10-7-16(13-19)18-8-2-3-9-18/h14-16H,2-13H2,1H3. The molecule has 3 heteroatoms. The number of rotatable bonds is 3. The van der Waals surface area contributed by atoms with Gasteiger partial charge in [-0.3, -0.25) is 9.69 Å². The third-order valence-electron chi connectivity index (χ3n) is 5.68. The summed E-state index contributed by atoms with van der Waals surface area (Å²) in [4.78, 5) is 17.3. The smallest absolute Gasteiger partial charge is 0.222 e. The highest BCUT2D eigenvalue weighted by molar-refractivity contribution is 5.76. The summed E-state index contributed by atoms with van der Waals surface area (Å²) in [6, 6.07) is 0.659. The maximum Gasteiger partial charge on any atom is 0.222 e. The highest BCUT2D eigenvalue weighted by atomic mass is 16.2. The lowest BCUT2D eigenvalue weighted by Crippen LogP contribution is -2.37. The summed E-state index contributed by atoms with van der Waals surface area (Å²) in [5.74, 6) is 1.93. The van der Waals surface area contributed by atoms with Crippen LogP contribution >= 0.6 is 0 Å². The molecule has 3 unspecified atom stereocenters. The van der Waals surface area contributed by atoms with Crippen molar-refractivity contribution >= 4 is 5.91 Å². The van der Waals surface area contributed by atoms with Crippen LogP contribution in [0, 0.1) is 11.8 Å². The van der Waals surface area contributed by atoms with Gasteiger partial charge in [-0.2, -0.15) is 0 Å². The van der Waals surface area contributed by atoms with Crippen LogP contribution in [0.1, 0.15) is 58.3 Å². The Morgan fingerprint density at radius 1 is 1.05 bits per heavy atom. The van der Waals surface area contributed by atoms with Crippen LogP contribution in [0.3, 0.4) is 0 Å². The van der Waals surface area contributed by atoms with Gasteiger partial charge in [-0.05, 0) is 57.0 Å². The Bertz CT molecular complexity index is 338. The van der Waals surface area contributed by atoms with Crippen LogP contribution in [0.25, 0.3) is 0 Å². The predicted molar refractivity (Wildman–Crippen MR) is 81.5 cm³/mol. The molecule has 1 amide bonds. The SMILES string of the molecule is CC1CCCC(CC(=O)N2CCC(N3CCCC3)C2)C1.